The van der Waals surface area contributed by atoms with Crippen LogP contribution in [-0.4, -0.2) is 18.0 Å². The summed E-state index contributed by atoms with van der Waals surface area (Å²) in [6.45, 7) is 2.75. The third-order valence-corrected chi connectivity index (χ3v) is 8.00. The molecule has 0 bridgehead atoms. The Balaban J connectivity index is 0.000000199. The molecule has 0 aliphatic rings. The number of hydrogen-bond acceptors (Lipinski definition) is 3. The summed E-state index contributed by atoms with van der Waals surface area (Å²) >= 11 is 0. The van der Waals surface area contributed by atoms with Crippen LogP contribution in [0.1, 0.15) is 19.4 Å². The Morgan fingerprint density at radius 1 is 0.816 bits per heavy atom. The first-order valence-electron chi connectivity index (χ1n) is 15.0. The number of para-hydroxylation sites is 1. The van der Waals surface area contributed by atoms with E-state index in [1.807, 2.05) is 36.4 Å². The van der Waals surface area contributed by atoms with Crippen LogP contribution in [0, 0.1) is 25.8 Å². The molecule has 5 heteroatoms. The predicted molar refractivity (Wildman–Crippen MR) is 157 cm³/mol. The van der Waals surface area contributed by atoms with E-state index >= 15 is 0 Å². The van der Waals surface area contributed by atoms with Crippen molar-refractivity contribution in [2.45, 2.75) is 33.3 Å². The van der Waals surface area contributed by atoms with Crippen LogP contribution in [0.25, 0.3) is 44.6 Å². The van der Waals surface area contributed by atoms with E-state index in [-0.39, 0.29) is 31.2 Å². The Bertz CT molecular complexity index is 1810. The van der Waals surface area contributed by atoms with Crippen molar-refractivity contribution >= 4 is 35.3 Å². The van der Waals surface area contributed by atoms with Gasteiger partial charge in [0.25, 0.3) is 0 Å². The van der Waals surface area contributed by atoms with Gasteiger partial charge < -0.3 is 9.40 Å². The van der Waals surface area contributed by atoms with E-state index in [0.717, 1.165) is 27.9 Å². The van der Waals surface area contributed by atoms with Gasteiger partial charge in [0.15, 0.2) is 0 Å². The summed E-state index contributed by atoms with van der Waals surface area (Å²) in [5.41, 5.74) is 5.14. The largest absolute Gasteiger partial charge is 0.439 e. The van der Waals surface area contributed by atoms with E-state index in [4.69, 9.17) is 17.6 Å². The average molecular weight is 697 g/mol. The molecule has 0 saturated carbocycles. The van der Waals surface area contributed by atoms with Crippen LogP contribution < -0.4 is 5.19 Å². The van der Waals surface area contributed by atoms with Crippen LogP contribution in [0.15, 0.2) is 95.5 Å². The maximum absolute atomic E-state index is 7.28. The van der Waals surface area contributed by atoms with Crippen LogP contribution in [0.3, 0.4) is 0 Å². The van der Waals surface area contributed by atoms with Crippen LogP contribution in [0.2, 0.25) is 19.6 Å². The first-order chi connectivity index (χ1) is 20.2. The first kappa shape index (κ1) is 20.6. The number of fused-ring (bicyclic) bond motifs is 3. The van der Waals surface area contributed by atoms with Gasteiger partial charge in [-0.1, -0.05) is 68.1 Å². The summed E-state index contributed by atoms with van der Waals surface area (Å²) in [6, 6.07) is 32.1. The van der Waals surface area contributed by atoms with Gasteiger partial charge in [0.2, 0.25) is 5.71 Å². The van der Waals surface area contributed by atoms with Crippen molar-refractivity contribution in [2.24, 2.45) is 0 Å². The normalized spacial score (nSPS) is 14.1. The van der Waals surface area contributed by atoms with Crippen molar-refractivity contribution in [1.82, 2.24) is 9.97 Å². The molecular weight excluding hydrogens is 661 g/mol. The third-order valence-electron chi connectivity index (χ3n) is 5.99. The Morgan fingerprint density at radius 2 is 1.58 bits per heavy atom. The second kappa shape index (κ2) is 11.6. The van der Waals surface area contributed by atoms with E-state index in [0.29, 0.717) is 11.3 Å². The fraction of sp³-hybridized carbons (Fsp3) is 0.152. The minimum Gasteiger partial charge on any atom is -0.439 e. The minimum atomic E-state index is -2.18. The number of rotatable bonds is 3. The molecule has 0 fully saturated rings. The van der Waals surface area contributed by atoms with Gasteiger partial charge in [0.1, 0.15) is 5.58 Å². The Kier molecular flexibility index (Phi) is 6.26. The zero-order chi connectivity index (χ0) is 31.0. The number of benzene rings is 3. The molecule has 3 heterocycles. The summed E-state index contributed by atoms with van der Waals surface area (Å²) in [7, 11) is -1.56. The second-order valence-electron chi connectivity index (χ2n) is 9.78. The number of pyridine rings is 2. The quantitative estimate of drug-likeness (QED) is 0.139. The molecule has 6 aromatic rings. The minimum absolute atomic E-state index is 0. The zero-order valence-corrected chi connectivity index (χ0v) is 24.7. The molecule has 0 atom stereocenters. The molecule has 0 aliphatic carbocycles. The van der Waals surface area contributed by atoms with Crippen LogP contribution in [-0.2, 0) is 20.1 Å². The van der Waals surface area contributed by atoms with Crippen LogP contribution in [0.5, 0.6) is 0 Å². The third kappa shape index (κ3) is 6.02. The maximum Gasteiger partial charge on any atom is 0.218 e. The van der Waals surface area contributed by atoms with E-state index in [2.05, 4.69) is 55.0 Å². The molecule has 193 valence electrons. The second-order valence-corrected chi connectivity index (χ2v) is 14.8. The SMILES string of the molecule is C[Si](C)(C)c1cc(-c2[c-]cccc2)nc2oc3ccccc3c12.[2H]C([2H])([2H])c1c[c-]c(-c2ccc(C([2H])([2H])[2H])cn2)cc1.[Ir]. The number of aryl methyl sites for hydroxylation is 2. The van der Waals surface area contributed by atoms with Gasteiger partial charge in [0.05, 0.1) is 8.07 Å². The zero-order valence-electron chi connectivity index (χ0n) is 27.3. The van der Waals surface area contributed by atoms with Crippen molar-refractivity contribution in [3.05, 3.63) is 114 Å². The summed E-state index contributed by atoms with van der Waals surface area (Å²) < 4.78 is 49.7. The van der Waals surface area contributed by atoms with Gasteiger partial charge in [0, 0.05) is 45.3 Å². The maximum atomic E-state index is 7.28. The molecule has 3 aromatic heterocycles. The van der Waals surface area contributed by atoms with Crippen molar-refractivity contribution < 1.29 is 32.7 Å². The van der Waals surface area contributed by atoms with E-state index in [9.17, 15) is 0 Å². The number of nitrogens with zero attached hydrogens (tertiary/aromatic N) is 2. The summed E-state index contributed by atoms with van der Waals surface area (Å²) in [4.78, 5) is 8.86. The monoisotopic (exact) mass is 697 g/mol. The smallest absolute Gasteiger partial charge is 0.218 e. The van der Waals surface area contributed by atoms with Crippen molar-refractivity contribution in [3.63, 3.8) is 0 Å². The van der Waals surface area contributed by atoms with Gasteiger partial charge in [-0.3, -0.25) is 4.98 Å². The molecule has 1 radical (unpaired) electrons. The molecule has 0 N–H and O–H groups in total. The molecule has 0 spiro atoms. The van der Waals surface area contributed by atoms with Gasteiger partial charge in [-0.25, -0.2) is 0 Å². The molecular formula is C33H30IrN2OSi-2. The van der Waals surface area contributed by atoms with Crippen molar-refractivity contribution in [2.75, 3.05) is 0 Å². The van der Waals surface area contributed by atoms with Gasteiger partial charge in [-0.2, -0.15) is 0 Å². The predicted octanol–water partition coefficient (Wildman–Crippen LogP) is 8.16. The van der Waals surface area contributed by atoms with E-state index in [1.165, 1.54) is 35.0 Å². The first-order valence-corrected chi connectivity index (χ1v) is 15.5. The van der Waals surface area contributed by atoms with Crippen LogP contribution in [0.4, 0.5) is 0 Å². The van der Waals surface area contributed by atoms with Gasteiger partial charge in [-0.15, -0.1) is 71.3 Å². The standard InChI is InChI=1S/C20H18NOSi.C13H12N.Ir/c1-23(2,3)18-13-16(14-9-5-4-6-10-14)21-20-19(18)15-11-7-8-12-17(15)22-20;1-10-3-6-12(7-4-10)13-8-5-11(2)9-14-13;/h4-9,11-13H,1-3H3;3-6,8-9H,1-2H3;/q2*-1;/i;1D3,2D3;. The number of hydrogen-bond donors (Lipinski definition) is 0. The Hall–Kier alpha value is -3.37. The number of aromatic nitrogens is 2. The molecule has 0 saturated heterocycles. The van der Waals surface area contributed by atoms with Gasteiger partial charge >= 0.3 is 0 Å². The van der Waals surface area contributed by atoms with E-state index in [1.54, 1.807) is 12.1 Å². The van der Waals surface area contributed by atoms with Crippen molar-refractivity contribution in [1.29, 1.82) is 0 Å². The van der Waals surface area contributed by atoms with E-state index < -0.39 is 21.8 Å². The Morgan fingerprint density at radius 3 is 2.24 bits per heavy atom. The summed E-state index contributed by atoms with van der Waals surface area (Å²) in [5.74, 6) is 0. The molecule has 0 amide bonds. The van der Waals surface area contributed by atoms with Crippen molar-refractivity contribution in [3.8, 4) is 22.5 Å². The molecule has 6 rings (SSSR count). The molecule has 0 aliphatic heterocycles. The fourth-order valence-corrected chi connectivity index (χ4v) is 5.70. The molecule has 0 unspecified atom stereocenters. The topological polar surface area (TPSA) is 38.9 Å². The van der Waals surface area contributed by atoms with Gasteiger partial charge in [-0.05, 0) is 29.9 Å². The summed E-state index contributed by atoms with van der Waals surface area (Å²) in [6.07, 6.45) is 1.30. The Labute approximate surface area is 247 Å². The fourth-order valence-electron chi connectivity index (χ4n) is 4.14. The number of furan rings is 1. The molecule has 3 nitrogen and oxygen atoms in total. The molecule has 3 aromatic carbocycles. The molecule has 38 heavy (non-hydrogen) atoms. The summed E-state index contributed by atoms with van der Waals surface area (Å²) in [5, 5.41) is 3.73. The van der Waals surface area contributed by atoms with Crippen LogP contribution >= 0.6 is 0 Å². The average Bonchev–Trinajstić information content (AvgIpc) is 3.35.